The summed E-state index contributed by atoms with van der Waals surface area (Å²) >= 11 is 6.43. The SMILES string of the molecule is CCNc1nc(Cc2cnn(C(C)(C)C#N)c2Cl)nc2c1C(C#N)=CC2. The highest BCUT2D eigenvalue weighted by atomic mass is 35.5. The van der Waals surface area contributed by atoms with Crippen LogP contribution in [0.5, 0.6) is 0 Å². The molecule has 0 amide bonds. The van der Waals surface area contributed by atoms with Crippen LogP contribution in [-0.2, 0) is 18.4 Å². The lowest BCUT2D eigenvalue weighted by atomic mass is 10.1. The maximum Gasteiger partial charge on any atom is 0.144 e. The number of anilines is 1. The van der Waals surface area contributed by atoms with E-state index in [0.29, 0.717) is 41.8 Å². The molecule has 0 unspecified atom stereocenters. The Morgan fingerprint density at radius 2 is 2.12 bits per heavy atom. The van der Waals surface area contributed by atoms with Gasteiger partial charge in [-0.25, -0.2) is 14.6 Å². The number of nitrogens with one attached hydrogen (secondary N) is 1. The lowest BCUT2D eigenvalue weighted by Crippen LogP contribution is -2.25. The summed E-state index contributed by atoms with van der Waals surface area (Å²) in [7, 11) is 0. The second-order valence-corrected chi connectivity index (χ2v) is 6.85. The molecule has 1 aliphatic rings. The smallest absolute Gasteiger partial charge is 0.144 e. The zero-order valence-corrected chi connectivity index (χ0v) is 15.6. The third kappa shape index (κ3) is 3.02. The van der Waals surface area contributed by atoms with Crippen molar-refractivity contribution in [3.8, 4) is 12.1 Å². The Hall–Kier alpha value is -2.90. The Morgan fingerprint density at radius 1 is 1.35 bits per heavy atom. The molecule has 1 N–H and O–H groups in total. The third-order valence-electron chi connectivity index (χ3n) is 4.20. The Balaban J connectivity index is 1.97. The molecule has 132 valence electrons. The molecule has 0 bridgehead atoms. The average molecular weight is 368 g/mol. The summed E-state index contributed by atoms with van der Waals surface area (Å²) in [6.45, 7) is 6.17. The van der Waals surface area contributed by atoms with Gasteiger partial charge in [-0.15, -0.1) is 0 Å². The predicted molar refractivity (Wildman–Crippen MR) is 98.5 cm³/mol. The highest BCUT2D eigenvalue weighted by Crippen LogP contribution is 2.32. The van der Waals surface area contributed by atoms with Crippen molar-refractivity contribution in [2.75, 3.05) is 11.9 Å². The lowest BCUT2D eigenvalue weighted by molar-refractivity contribution is 0.419. The van der Waals surface area contributed by atoms with Gasteiger partial charge in [0.2, 0.25) is 0 Å². The van der Waals surface area contributed by atoms with Gasteiger partial charge in [0.1, 0.15) is 22.3 Å². The molecule has 1 aliphatic carbocycles. The molecule has 0 saturated heterocycles. The largest absolute Gasteiger partial charge is 0.370 e. The Kier molecular flexibility index (Phi) is 4.67. The maximum atomic E-state index is 9.29. The molecular formula is C18H18ClN7. The van der Waals surface area contributed by atoms with Crippen molar-refractivity contribution in [1.82, 2.24) is 19.7 Å². The van der Waals surface area contributed by atoms with Crippen LogP contribution < -0.4 is 5.32 Å². The fraction of sp³-hybridized carbons (Fsp3) is 0.389. The molecule has 0 fully saturated rings. The molecule has 2 heterocycles. The van der Waals surface area contributed by atoms with Gasteiger partial charge in [-0.3, -0.25) is 0 Å². The number of aromatic nitrogens is 4. The minimum atomic E-state index is -0.839. The molecule has 3 rings (SSSR count). The van der Waals surface area contributed by atoms with Crippen molar-refractivity contribution in [2.24, 2.45) is 0 Å². The van der Waals surface area contributed by atoms with Crippen LogP contribution in [0.15, 0.2) is 12.3 Å². The van der Waals surface area contributed by atoms with Gasteiger partial charge in [-0.2, -0.15) is 15.6 Å². The zero-order chi connectivity index (χ0) is 18.9. The molecule has 26 heavy (non-hydrogen) atoms. The molecule has 0 saturated carbocycles. The van der Waals surface area contributed by atoms with Crippen LogP contribution in [0.1, 0.15) is 43.4 Å². The number of nitrogens with zero attached hydrogens (tertiary/aromatic N) is 6. The number of nitriles is 2. The van der Waals surface area contributed by atoms with E-state index in [2.05, 4.69) is 32.5 Å². The van der Waals surface area contributed by atoms with Crippen molar-refractivity contribution >= 4 is 23.0 Å². The molecular weight excluding hydrogens is 350 g/mol. The summed E-state index contributed by atoms with van der Waals surface area (Å²) in [5, 5.41) is 26.4. The second-order valence-electron chi connectivity index (χ2n) is 6.49. The molecule has 0 atom stereocenters. The molecule has 7 nitrogen and oxygen atoms in total. The van der Waals surface area contributed by atoms with Crippen LogP contribution in [0.3, 0.4) is 0 Å². The van der Waals surface area contributed by atoms with Crippen molar-refractivity contribution in [3.63, 3.8) is 0 Å². The first-order valence-corrected chi connectivity index (χ1v) is 8.67. The van der Waals surface area contributed by atoms with Gasteiger partial charge >= 0.3 is 0 Å². The topological polar surface area (TPSA) is 103 Å². The number of hydrogen-bond donors (Lipinski definition) is 1. The maximum absolute atomic E-state index is 9.29. The van der Waals surface area contributed by atoms with Gasteiger partial charge in [-0.1, -0.05) is 17.7 Å². The minimum Gasteiger partial charge on any atom is -0.370 e. The van der Waals surface area contributed by atoms with E-state index in [1.807, 2.05) is 13.0 Å². The normalized spacial score (nSPS) is 12.9. The van der Waals surface area contributed by atoms with E-state index < -0.39 is 5.54 Å². The Morgan fingerprint density at radius 3 is 2.77 bits per heavy atom. The third-order valence-corrected chi connectivity index (χ3v) is 4.60. The molecule has 8 heteroatoms. The quantitative estimate of drug-likeness (QED) is 0.870. The van der Waals surface area contributed by atoms with Gasteiger partial charge in [0.05, 0.1) is 35.2 Å². The molecule has 2 aromatic heterocycles. The molecule has 0 aromatic carbocycles. The van der Waals surface area contributed by atoms with Gasteiger partial charge in [0, 0.05) is 24.9 Å². The average Bonchev–Trinajstić information content (AvgIpc) is 3.19. The van der Waals surface area contributed by atoms with Crippen LogP contribution in [0.25, 0.3) is 5.57 Å². The van der Waals surface area contributed by atoms with E-state index in [0.717, 1.165) is 16.8 Å². The standard InChI is InChI=1S/C18H18ClN7/c1-4-22-17-15-11(8-20)5-6-13(15)24-14(25-17)7-12-9-23-26(16(12)19)18(2,3)10-21/h5,9H,4,6-7H2,1-3H3,(H,22,24,25). The molecule has 0 spiro atoms. The minimum absolute atomic E-state index is 0.397. The van der Waals surface area contributed by atoms with Gasteiger partial charge < -0.3 is 5.32 Å². The molecule has 0 radical (unpaired) electrons. The highest BCUT2D eigenvalue weighted by Gasteiger charge is 2.26. The Labute approximate surface area is 156 Å². The number of hydrogen-bond acceptors (Lipinski definition) is 6. The van der Waals surface area contributed by atoms with Crippen LogP contribution in [0.2, 0.25) is 5.15 Å². The summed E-state index contributed by atoms with van der Waals surface area (Å²) in [5.74, 6) is 1.27. The fourth-order valence-corrected chi connectivity index (χ4v) is 3.23. The number of fused-ring (bicyclic) bond motifs is 1. The fourth-order valence-electron chi connectivity index (χ4n) is 2.86. The van der Waals surface area contributed by atoms with Gasteiger partial charge in [0.25, 0.3) is 0 Å². The van der Waals surface area contributed by atoms with E-state index in [9.17, 15) is 10.5 Å². The van der Waals surface area contributed by atoms with E-state index >= 15 is 0 Å². The van der Waals surface area contributed by atoms with Crippen LogP contribution in [0.4, 0.5) is 5.82 Å². The summed E-state index contributed by atoms with van der Waals surface area (Å²) in [4.78, 5) is 9.19. The van der Waals surface area contributed by atoms with Crippen molar-refractivity contribution in [3.05, 3.63) is 40.1 Å². The van der Waals surface area contributed by atoms with Crippen LogP contribution in [-0.4, -0.2) is 26.3 Å². The van der Waals surface area contributed by atoms with Crippen LogP contribution in [0, 0.1) is 22.7 Å². The van der Waals surface area contributed by atoms with Gasteiger partial charge in [0.15, 0.2) is 0 Å². The first kappa shape index (κ1) is 17.9. The molecule has 2 aromatic rings. The lowest BCUT2D eigenvalue weighted by Gasteiger charge is -2.17. The first-order chi connectivity index (χ1) is 12.4. The summed E-state index contributed by atoms with van der Waals surface area (Å²) in [6.07, 6.45) is 4.52. The van der Waals surface area contributed by atoms with E-state index in [4.69, 9.17) is 11.6 Å². The monoisotopic (exact) mass is 367 g/mol. The van der Waals surface area contributed by atoms with Crippen LogP contribution >= 0.6 is 11.6 Å². The summed E-state index contributed by atoms with van der Waals surface area (Å²) < 4.78 is 1.50. The second kappa shape index (κ2) is 6.78. The zero-order valence-electron chi connectivity index (χ0n) is 14.8. The number of rotatable bonds is 5. The Bertz CT molecular complexity index is 973. The van der Waals surface area contributed by atoms with Gasteiger partial charge in [-0.05, 0) is 20.8 Å². The van der Waals surface area contributed by atoms with Crippen molar-refractivity contribution in [1.29, 1.82) is 10.5 Å². The summed E-state index contributed by atoms with van der Waals surface area (Å²) in [6, 6.07) is 4.38. The van der Waals surface area contributed by atoms with E-state index in [1.165, 1.54) is 4.68 Å². The summed E-state index contributed by atoms with van der Waals surface area (Å²) in [5.41, 5.74) is 2.14. The predicted octanol–water partition coefficient (Wildman–Crippen LogP) is 3.07. The molecule has 0 aliphatic heterocycles. The number of allylic oxidation sites excluding steroid dienone is 2. The highest BCUT2D eigenvalue weighted by molar-refractivity contribution is 6.30. The first-order valence-electron chi connectivity index (χ1n) is 8.29. The number of halogens is 1. The van der Waals surface area contributed by atoms with E-state index in [-0.39, 0.29) is 0 Å². The van der Waals surface area contributed by atoms with Crippen molar-refractivity contribution < 1.29 is 0 Å². The van der Waals surface area contributed by atoms with E-state index in [1.54, 1.807) is 20.0 Å². The van der Waals surface area contributed by atoms with Crippen molar-refractivity contribution in [2.45, 2.75) is 39.2 Å².